The lowest BCUT2D eigenvalue weighted by Crippen LogP contribution is -2.11. The van der Waals surface area contributed by atoms with Crippen LogP contribution >= 0.6 is 0 Å². The number of aryl methyl sites for hydroxylation is 1. The number of aromatic nitrogens is 1. The first kappa shape index (κ1) is 17.2. The van der Waals surface area contributed by atoms with Crippen molar-refractivity contribution in [3.8, 4) is 0 Å². The molecule has 0 aliphatic heterocycles. The first-order valence-electron chi connectivity index (χ1n) is 8.69. The van der Waals surface area contributed by atoms with E-state index in [-0.39, 0.29) is 11.5 Å². The minimum absolute atomic E-state index is 0.0685. The Balaban J connectivity index is 2.02. The monoisotopic (exact) mass is 337 g/mol. The Hall–Kier alpha value is -2.62. The fourth-order valence-electron chi connectivity index (χ4n) is 3.31. The van der Waals surface area contributed by atoms with E-state index in [1.54, 1.807) is 19.1 Å². The van der Waals surface area contributed by atoms with E-state index in [0.717, 1.165) is 16.8 Å². The predicted octanol–water partition coefficient (Wildman–Crippen LogP) is 4.09. The standard InChI is InChI=1S/C21H23NO3/c1-14-7-12-19(22-20(14)23)18(13-15-5-3-4-6-15)16-8-10-17(11-9-16)21(24)25-2/h7-13,15H,3-6H2,1-2H3,(H,22,23). The van der Waals surface area contributed by atoms with Crippen LogP contribution in [0.25, 0.3) is 5.57 Å². The van der Waals surface area contributed by atoms with Crippen LogP contribution < -0.4 is 5.56 Å². The molecule has 0 bridgehead atoms. The van der Waals surface area contributed by atoms with Gasteiger partial charge < -0.3 is 9.72 Å². The Morgan fingerprint density at radius 2 is 1.72 bits per heavy atom. The third-order valence-electron chi connectivity index (χ3n) is 4.82. The molecule has 1 heterocycles. The van der Waals surface area contributed by atoms with Crippen LogP contribution in [-0.2, 0) is 4.74 Å². The van der Waals surface area contributed by atoms with Crippen molar-refractivity contribution in [2.75, 3.05) is 7.11 Å². The molecule has 1 fully saturated rings. The Bertz CT molecular complexity index is 840. The van der Waals surface area contributed by atoms with Crippen molar-refractivity contribution in [1.82, 2.24) is 4.98 Å². The van der Waals surface area contributed by atoms with Gasteiger partial charge in [-0.15, -0.1) is 0 Å². The summed E-state index contributed by atoms with van der Waals surface area (Å²) in [7, 11) is 1.37. The van der Waals surface area contributed by atoms with Gasteiger partial charge in [0.2, 0.25) is 0 Å². The number of aromatic amines is 1. The van der Waals surface area contributed by atoms with E-state index in [1.807, 2.05) is 24.3 Å². The first-order valence-corrected chi connectivity index (χ1v) is 8.69. The average Bonchev–Trinajstić information content (AvgIpc) is 3.15. The molecule has 130 valence electrons. The van der Waals surface area contributed by atoms with Crippen LogP contribution in [0.2, 0.25) is 0 Å². The molecule has 1 N–H and O–H groups in total. The number of allylic oxidation sites excluding steroid dienone is 1. The normalized spacial score (nSPS) is 15.4. The van der Waals surface area contributed by atoms with Crippen molar-refractivity contribution < 1.29 is 9.53 Å². The number of methoxy groups -OCH3 is 1. The van der Waals surface area contributed by atoms with Gasteiger partial charge in [0.15, 0.2) is 0 Å². The molecule has 0 amide bonds. The van der Waals surface area contributed by atoms with Crippen LogP contribution in [0.15, 0.2) is 47.3 Å². The van der Waals surface area contributed by atoms with Crippen LogP contribution in [0.4, 0.5) is 0 Å². The summed E-state index contributed by atoms with van der Waals surface area (Å²) in [5, 5.41) is 0. The van der Waals surface area contributed by atoms with E-state index in [4.69, 9.17) is 4.74 Å². The molecule has 1 aromatic carbocycles. The van der Waals surface area contributed by atoms with E-state index in [2.05, 4.69) is 11.1 Å². The lowest BCUT2D eigenvalue weighted by Gasteiger charge is -2.12. The van der Waals surface area contributed by atoms with Gasteiger partial charge in [0.25, 0.3) is 5.56 Å². The molecule has 1 aliphatic carbocycles. The second-order valence-electron chi connectivity index (χ2n) is 6.58. The average molecular weight is 337 g/mol. The highest BCUT2D eigenvalue weighted by Gasteiger charge is 2.16. The van der Waals surface area contributed by atoms with Crippen molar-refractivity contribution in [2.45, 2.75) is 32.6 Å². The van der Waals surface area contributed by atoms with Gasteiger partial charge >= 0.3 is 5.97 Å². The molecule has 3 rings (SSSR count). The minimum Gasteiger partial charge on any atom is -0.465 e. The van der Waals surface area contributed by atoms with Crippen molar-refractivity contribution in [1.29, 1.82) is 0 Å². The highest BCUT2D eigenvalue weighted by atomic mass is 16.5. The number of carbonyl (C=O) groups is 1. The van der Waals surface area contributed by atoms with Gasteiger partial charge in [0.1, 0.15) is 0 Å². The van der Waals surface area contributed by atoms with Crippen molar-refractivity contribution in [3.05, 3.63) is 75.2 Å². The molecule has 0 unspecified atom stereocenters. The van der Waals surface area contributed by atoms with Crippen molar-refractivity contribution in [2.24, 2.45) is 5.92 Å². The maximum absolute atomic E-state index is 12.1. The Kier molecular flexibility index (Phi) is 5.17. The van der Waals surface area contributed by atoms with Crippen LogP contribution in [0.5, 0.6) is 0 Å². The second kappa shape index (κ2) is 7.51. The molecule has 1 saturated carbocycles. The maximum atomic E-state index is 12.1. The largest absolute Gasteiger partial charge is 0.465 e. The van der Waals surface area contributed by atoms with Gasteiger partial charge in [-0.05, 0) is 49.4 Å². The summed E-state index contributed by atoms with van der Waals surface area (Å²) >= 11 is 0. The molecule has 0 saturated heterocycles. The number of nitrogens with one attached hydrogen (secondary N) is 1. The van der Waals surface area contributed by atoms with Gasteiger partial charge in [-0.1, -0.05) is 37.1 Å². The number of ether oxygens (including phenoxy) is 1. The zero-order chi connectivity index (χ0) is 17.8. The topological polar surface area (TPSA) is 59.2 Å². The number of pyridine rings is 1. The summed E-state index contributed by atoms with van der Waals surface area (Å²) < 4.78 is 4.76. The molecular weight excluding hydrogens is 314 g/mol. The zero-order valence-electron chi connectivity index (χ0n) is 14.7. The van der Waals surface area contributed by atoms with E-state index < -0.39 is 0 Å². The van der Waals surface area contributed by atoms with Crippen molar-refractivity contribution in [3.63, 3.8) is 0 Å². The van der Waals surface area contributed by atoms with Gasteiger partial charge in [-0.2, -0.15) is 0 Å². The number of rotatable bonds is 4. The summed E-state index contributed by atoms with van der Waals surface area (Å²) in [6.45, 7) is 1.80. The fraction of sp³-hybridized carbons (Fsp3) is 0.333. The van der Waals surface area contributed by atoms with E-state index in [0.29, 0.717) is 17.0 Å². The van der Waals surface area contributed by atoms with Crippen LogP contribution in [0.1, 0.15) is 52.9 Å². The summed E-state index contributed by atoms with van der Waals surface area (Å²) in [4.78, 5) is 26.7. The van der Waals surface area contributed by atoms with Gasteiger partial charge in [0, 0.05) is 16.8 Å². The van der Waals surface area contributed by atoms with E-state index >= 15 is 0 Å². The summed E-state index contributed by atoms with van der Waals surface area (Å²) in [6, 6.07) is 11.1. The summed E-state index contributed by atoms with van der Waals surface area (Å²) in [6.07, 6.45) is 7.13. The van der Waals surface area contributed by atoms with Crippen LogP contribution in [0.3, 0.4) is 0 Å². The SMILES string of the molecule is COC(=O)c1ccc(C(=CC2CCCC2)c2ccc(C)c(=O)[nH]2)cc1. The highest BCUT2D eigenvalue weighted by Crippen LogP contribution is 2.31. The number of esters is 1. The lowest BCUT2D eigenvalue weighted by molar-refractivity contribution is 0.0600. The number of hydrogen-bond acceptors (Lipinski definition) is 3. The third-order valence-corrected chi connectivity index (χ3v) is 4.82. The number of benzene rings is 1. The van der Waals surface area contributed by atoms with Gasteiger partial charge in [-0.3, -0.25) is 4.79 Å². The smallest absolute Gasteiger partial charge is 0.337 e. The molecule has 0 atom stereocenters. The van der Waals surface area contributed by atoms with Crippen LogP contribution in [0, 0.1) is 12.8 Å². The van der Waals surface area contributed by atoms with Crippen molar-refractivity contribution >= 4 is 11.5 Å². The molecule has 0 radical (unpaired) electrons. The Morgan fingerprint density at radius 3 is 2.32 bits per heavy atom. The molecular formula is C21H23NO3. The lowest BCUT2D eigenvalue weighted by atomic mass is 9.95. The molecule has 1 aliphatic rings. The number of carbonyl (C=O) groups excluding carboxylic acids is 1. The highest BCUT2D eigenvalue weighted by molar-refractivity contribution is 5.90. The molecule has 4 heteroatoms. The quantitative estimate of drug-likeness (QED) is 0.855. The van der Waals surface area contributed by atoms with E-state index in [9.17, 15) is 9.59 Å². The molecule has 1 aromatic heterocycles. The predicted molar refractivity (Wildman–Crippen MR) is 98.6 cm³/mol. The number of hydrogen-bond donors (Lipinski definition) is 1. The molecule has 0 spiro atoms. The molecule has 25 heavy (non-hydrogen) atoms. The second-order valence-corrected chi connectivity index (χ2v) is 6.58. The van der Waals surface area contributed by atoms with Gasteiger partial charge in [0.05, 0.1) is 12.7 Å². The number of H-pyrrole nitrogens is 1. The Labute approximate surface area is 147 Å². The first-order chi connectivity index (χ1) is 12.1. The Morgan fingerprint density at radius 1 is 1.08 bits per heavy atom. The zero-order valence-corrected chi connectivity index (χ0v) is 14.7. The molecule has 2 aromatic rings. The summed E-state index contributed by atoms with van der Waals surface area (Å²) in [5.74, 6) is 0.178. The van der Waals surface area contributed by atoms with Crippen LogP contribution in [-0.4, -0.2) is 18.1 Å². The fourth-order valence-corrected chi connectivity index (χ4v) is 3.31. The van der Waals surface area contributed by atoms with Gasteiger partial charge in [-0.25, -0.2) is 4.79 Å². The minimum atomic E-state index is -0.350. The third kappa shape index (κ3) is 3.90. The van der Waals surface area contributed by atoms with E-state index in [1.165, 1.54) is 32.8 Å². The molecule has 4 nitrogen and oxygen atoms in total. The summed E-state index contributed by atoms with van der Waals surface area (Å²) in [5.41, 5.74) is 3.96. The maximum Gasteiger partial charge on any atom is 0.337 e.